The number of nitriles is 1. The summed E-state index contributed by atoms with van der Waals surface area (Å²) in [5, 5.41) is 21.3. The molecule has 0 radical (unpaired) electrons. The zero-order chi connectivity index (χ0) is 38.0. The summed E-state index contributed by atoms with van der Waals surface area (Å²) in [6, 6.07) is 15.8. The van der Waals surface area contributed by atoms with Crippen LogP contribution in [0.15, 0.2) is 53.3 Å². The first-order valence-corrected chi connectivity index (χ1v) is 18.0. The van der Waals surface area contributed by atoms with Crippen LogP contribution in [0.25, 0.3) is 22.3 Å². The van der Waals surface area contributed by atoms with Crippen molar-refractivity contribution in [3.63, 3.8) is 0 Å². The van der Waals surface area contributed by atoms with Crippen LogP contribution in [0.3, 0.4) is 0 Å². The van der Waals surface area contributed by atoms with E-state index in [1.807, 2.05) is 33.8 Å². The smallest absolute Gasteiger partial charge is 0.417 e. The standard InChI is InChI=1S/C40H43N5O8/c1-6-26(17-18-41)53-39(49)45(25-13-11-24(12-14-25)36(46)43(9-4)10-5)23-52-27-15-16-33-29(19-27)28(7-2)30-21-44-34(35(30)42-33)20-32-31(37(44)47)22-51-38(48)40(32,50)8-3/h11-16,19-20,26,50H,6-10,17,21-23H2,1-5H3. The summed E-state index contributed by atoms with van der Waals surface area (Å²) in [5.74, 6) is -0.435. The van der Waals surface area contributed by atoms with Crippen molar-refractivity contribution in [2.45, 2.75) is 85.2 Å². The monoisotopic (exact) mass is 721 g/mol. The average molecular weight is 722 g/mol. The third-order valence-corrected chi connectivity index (χ3v) is 10.2. The van der Waals surface area contributed by atoms with E-state index in [1.54, 1.807) is 58.9 Å². The number of hydrogen-bond acceptors (Lipinski definition) is 10. The third-order valence-electron chi connectivity index (χ3n) is 10.2. The van der Waals surface area contributed by atoms with Crippen LogP contribution < -0.4 is 15.2 Å². The van der Waals surface area contributed by atoms with Crippen molar-refractivity contribution >= 4 is 34.6 Å². The first-order chi connectivity index (χ1) is 25.5. The van der Waals surface area contributed by atoms with Gasteiger partial charge in [0.05, 0.1) is 47.2 Å². The molecule has 276 valence electrons. The zero-order valence-corrected chi connectivity index (χ0v) is 30.6. The number of fused-ring (bicyclic) bond motifs is 5. The predicted octanol–water partition coefficient (Wildman–Crippen LogP) is 5.80. The van der Waals surface area contributed by atoms with Gasteiger partial charge in [0.1, 0.15) is 18.5 Å². The maximum Gasteiger partial charge on any atom is 0.417 e. The number of anilines is 1. The third kappa shape index (κ3) is 6.59. The van der Waals surface area contributed by atoms with E-state index >= 15 is 0 Å². The van der Waals surface area contributed by atoms with Gasteiger partial charge in [-0.1, -0.05) is 20.8 Å². The van der Waals surface area contributed by atoms with E-state index in [0.29, 0.717) is 59.8 Å². The van der Waals surface area contributed by atoms with Crippen molar-refractivity contribution in [1.82, 2.24) is 14.5 Å². The highest BCUT2D eigenvalue weighted by atomic mass is 16.6. The number of aromatic nitrogens is 2. The average Bonchev–Trinajstić information content (AvgIpc) is 3.54. The molecule has 13 nitrogen and oxygen atoms in total. The molecule has 4 aromatic rings. The van der Waals surface area contributed by atoms with Crippen LogP contribution in [0, 0.1) is 11.3 Å². The van der Waals surface area contributed by atoms with Crippen molar-refractivity contribution in [3.05, 3.63) is 86.7 Å². The van der Waals surface area contributed by atoms with E-state index in [9.17, 15) is 29.5 Å². The number of nitrogens with zero attached hydrogens (tertiary/aromatic N) is 5. The lowest BCUT2D eigenvalue weighted by molar-refractivity contribution is -0.172. The Morgan fingerprint density at radius 1 is 1.06 bits per heavy atom. The van der Waals surface area contributed by atoms with Gasteiger partial charge in [0, 0.05) is 35.2 Å². The molecule has 2 aromatic carbocycles. The van der Waals surface area contributed by atoms with Crippen molar-refractivity contribution in [2.75, 3.05) is 24.7 Å². The van der Waals surface area contributed by atoms with Gasteiger partial charge >= 0.3 is 12.1 Å². The second-order valence-corrected chi connectivity index (χ2v) is 13.1. The van der Waals surface area contributed by atoms with Gasteiger partial charge in [-0.05, 0) is 87.2 Å². The first kappa shape index (κ1) is 37.0. The van der Waals surface area contributed by atoms with Crippen LogP contribution in [0.4, 0.5) is 10.5 Å². The summed E-state index contributed by atoms with van der Waals surface area (Å²) in [4.78, 5) is 60.8. The van der Waals surface area contributed by atoms with Gasteiger partial charge in [-0.15, -0.1) is 0 Å². The lowest BCUT2D eigenvalue weighted by Crippen LogP contribution is -2.44. The van der Waals surface area contributed by atoms with Crippen LogP contribution in [-0.4, -0.2) is 63.5 Å². The molecule has 2 unspecified atom stereocenters. The maximum atomic E-state index is 13.7. The molecule has 2 atom stereocenters. The van der Waals surface area contributed by atoms with Crippen molar-refractivity contribution in [2.24, 2.45) is 0 Å². The molecule has 13 heteroatoms. The molecule has 2 aliphatic heterocycles. The first-order valence-electron chi connectivity index (χ1n) is 18.0. The molecule has 2 aromatic heterocycles. The molecule has 0 fully saturated rings. The number of benzene rings is 2. The topological polar surface area (TPSA) is 164 Å². The summed E-state index contributed by atoms with van der Waals surface area (Å²) < 4.78 is 18.7. The van der Waals surface area contributed by atoms with Crippen LogP contribution in [0.1, 0.15) is 86.5 Å². The van der Waals surface area contributed by atoms with Gasteiger partial charge in [0.25, 0.3) is 11.5 Å². The Balaban J connectivity index is 1.33. The molecular formula is C40H43N5O8. The number of hydrogen-bond donors (Lipinski definition) is 1. The Kier molecular flexibility index (Phi) is 10.5. The highest BCUT2D eigenvalue weighted by molar-refractivity contribution is 5.95. The second-order valence-electron chi connectivity index (χ2n) is 13.1. The molecule has 53 heavy (non-hydrogen) atoms. The molecule has 2 amide bonds. The van der Waals surface area contributed by atoms with Gasteiger partial charge < -0.3 is 28.8 Å². The molecule has 6 rings (SSSR count). The van der Waals surface area contributed by atoms with Crippen molar-refractivity contribution in [3.8, 4) is 23.2 Å². The Morgan fingerprint density at radius 3 is 2.43 bits per heavy atom. The Hall–Kier alpha value is -5.74. The lowest BCUT2D eigenvalue weighted by atomic mass is 9.86. The molecular weight excluding hydrogens is 678 g/mol. The van der Waals surface area contributed by atoms with Gasteiger partial charge in [-0.25, -0.2) is 19.5 Å². The summed E-state index contributed by atoms with van der Waals surface area (Å²) in [6.07, 6.45) is -0.138. The number of carbonyl (C=O) groups excluding carboxylic acids is 3. The molecule has 0 aliphatic carbocycles. The number of esters is 1. The number of aryl methyl sites for hydroxylation is 1. The Morgan fingerprint density at radius 2 is 1.79 bits per heavy atom. The minimum atomic E-state index is -1.92. The fourth-order valence-corrected chi connectivity index (χ4v) is 7.06. The van der Waals surface area contributed by atoms with Gasteiger partial charge in [-0.3, -0.25) is 9.59 Å². The number of rotatable bonds is 12. The van der Waals surface area contributed by atoms with E-state index < -0.39 is 23.8 Å². The minimum absolute atomic E-state index is 0.0417. The quantitative estimate of drug-likeness (QED) is 0.123. The summed E-state index contributed by atoms with van der Waals surface area (Å²) in [5.41, 5.74) is 2.81. The molecule has 0 bridgehead atoms. The van der Waals surface area contributed by atoms with Crippen LogP contribution in [0.5, 0.6) is 5.75 Å². The number of ether oxygens (including phenoxy) is 3. The highest BCUT2D eigenvalue weighted by Gasteiger charge is 2.45. The number of pyridine rings is 2. The summed E-state index contributed by atoms with van der Waals surface area (Å²) in [6.45, 7) is 10.3. The normalized spacial score (nSPS) is 16.1. The maximum absolute atomic E-state index is 13.7. The molecule has 1 N–H and O–H groups in total. The van der Waals surface area contributed by atoms with E-state index in [0.717, 1.165) is 16.5 Å². The highest BCUT2D eigenvalue weighted by Crippen LogP contribution is 2.41. The summed E-state index contributed by atoms with van der Waals surface area (Å²) >= 11 is 0. The molecule has 0 saturated heterocycles. The molecule has 4 heterocycles. The molecule has 0 spiro atoms. The number of carbonyl (C=O) groups is 3. The van der Waals surface area contributed by atoms with E-state index in [4.69, 9.17) is 19.2 Å². The van der Waals surface area contributed by atoms with Crippen LogP contribution in [-0.2, 0) is 39.4 Å². The zero-order valence-electron chi connectivity index (χ0n) is 30.6. The summed E-state index contributed by atoms with van der Waals surface area (Å²) in [7, 11) is 0. The Bertz CT molecular complexity index is 2190. The largest absolute Gasteiger partial charge is 0.473 e. The van der Waals surface area contributed by atoms with Gasteiger partial charge in [-0.2, -0.15) is 5.26 Å². The van der Waals surface area contributed by atoms with Gasteiger partial charge in [0.15, 0.2) is 12.3 Å². The van der Waals surface area contributed by atoms with Gasteiger partial charge in [0.2, 0.25) is 0 Å². The number of aliphatic hydroxyl groups is 1. The molecule has 0 saturated carbocycles. The lowest BCUT2D eigenvalue weighted by Gasteiger charge is -2.31. The second kappa shape index (κ2) is 15.1. The predicted molar refractivity (Wildman–Crippen MR) is 196 cm³/mol. The fraction of sp³-hybridized carbons (Fsp3) is 0.400. The van der Waals surface area contributed by atoms with Crippen molar-refractivity contribution < 1.29 is 33.7 Å². The SMILES string of the molecule is CCc1c2c(nc3ccc(OCN(C(=O)OC(CC)CC#N)c4ccc(C(=O)N(CC)CC)cc4)cc13)-c1cc3c(c(=O)n1C2)COC(=O)C3(O)CC. The van der Waals surface area contributed by atoms with Crippen LogP contribution >= 0.6 is 0 Å². The fourth-order valence-electron chi connectivity index (χ4n) is 7.06. The molecule has 2 aliphatic rings. The van der Waals surface area contributed by atoms with Crippen molar-refractivity contribution in [1.29, 1.82) is 5.26 Å². The van der Waals surface area contributed by atoms with E-state index in [-0.39, 0.29) is 55.3 Å². The Labute approximate surface area is 307 Å². The minimum Gasteiger partial charge on any atom is -0.473 e. The van der Waals surface area contributed by atoms with E-state index in [2.05, 4.69) is 6.07 Å². The number of amides is 2. The van der Waals surface area contributed by atoms with Crippen LogP contribution in [0.2, 0.25) is 0 Å². The van der Waals surface area contributed by atoms with E-state index in [1.165, 1.54) is 4.90 Å². The number of cyclic esters (lactones) is 1.